The third-order valence-electron chi connectivity index (χ3n) is 6.21. The fraction of sp³-hybridized carbons (Fsp3) is 0.296. The van der Waals surface area contributed by atoms with Crippen LogP contribution in [0.2, 0.25) is 0 Å². The van der Waals surface area contributed by atoms with E-state index in [0.717, 1.165) is 24.0 Å². The highest BCUT2D eigenvalue weighted by molar-refractivity contribution is 5.73. The van der Waals surface area contributed by atoms with Crippen LogP contribution in [0.3, 0.4) is 0 Å². The Bertz CT molecular complexity index is 888. The molecule has 0 fully saturated rings. The fourth-order valence-corrected chi connectivity index (χ4v) is 4.63. The zero-order valence-electron chi connectivity index (χ0n) is 17.3. The standard InChI is InChI=1S/C27H30O2/c1-21(2)27(24-16-10-5-11-17-24,19-18-22-12-6-3-7-13-22)25(26(28)29)20-23-14-8-4-9-15-23/h3-17,21,25H,18-20H2,1-2H3,(H,28,29). The van der Waals surface area contributed by atoms with Gasteiger partial charge >= 0.3 is 5.97 Å². The molecule has 3 aromatic rings. The van der Waals surface area contributed by atoms with Crippen molar-refractivity contribution in [2.24, 2.45) is 11.8 Å². The number of aliphatic carboxylic acids is 1. The van der Waals surface area contributed by atoms with Crippen LogP contribution in [-0.2, 0) is 23.1 Å². The molecule has 2 heteroatoms. The van der Waals surface area contributed by atoms with E-state index in [-0.39, 0.29) is 5.92 Å². The van der Waals surface area contributed by atoms with Gasteiger partial charge in [-0.25, -0.2) is 0 Å². The minimum atomic E-state index is -0.723. The molecular formula is C27H30O2. The van der Waals surface area contributed by atoms with E-state index in [9.17, 15) is 9.90 Å². The summed E-state index contributed by atoms with van der Waals surface area (Å²) in [7, 11) is 0. The Morgan fingerprint density at radius 1 is 0.793 bits per heavy atom. The Morgan fingerprint density at radius 2 is 1.28 bits per heavy atom. The van der Waals surface area contributed by atoms with Crippen LogP contribution >= 0.6 is 0 Å². The summed E-state index contributed by atoms with van der Waals surface area (Å²) in [6, 6.07) is 30.6. The lowest BCUT2D eigenvalue weighted by Gasteiger charge is -2.43. The summed E-state index contributed by atoms with van der Waals surface area (Å²) in [6.45, 7) is 4.33. The van der Waals surface area contributed by atoms with Gasteiger partial charge in [-0.1, -0.05) is 105 Å². The van der Waals surface area contributed by atoms with Gasteiger partial charge in [0.15, 0.2) is 0 Å². The van der Waals surface area contributed by atoms with Crippen molar-refractivity contribution in [3.63, 3.8) is 0 Å². The molecular weight excluding hydrogens is 356 g/mol. The van der Waals surface area contributed by atoms with Gasteiger partial charge in [-0.15, -0.1) is 0 Å². The van der Waals surface area contributed by atoms with E-state index in [2.05, 4.69) is 38.1 Å². The topological polar surface area (TPSA) is 37.3 Å². The minimum absolute atomic E-state index is 0.179. The summed E-state index contributed by atoms with van der Waals surface area (Å²) < 4.78 is 0. The Balaban J connectivity index is 2.06. The highest BCUT2D eigenvalue weighted by Gasteiger charge is 2.46. The average molecular weight is 387 g/mol. The number of carboxylic acid groups (broad SMARTS) is 1. The number of carbonyl (C=O) groups is 1. The molecule has 29 heavy (non-hydrogen) atoms. The van der Waals surface area contributed by atoms with Crippen LogP contribution in [-0.4, -0.2) is 11.1 Å². The highest BCUT2D eigenvalue weighted by Crippen LogP contribution is 2.45. The van der Waals surface area contributed by atoms with Crippen molar-refractivity contribution >= 4 is 5.97 Å². The van der Waals surface area contributed by atoms with Gasteiger partial charge in [0.2, 0.25) is 0 Å². The monoisotopic (exact) mass is 386 g/mol. The molecule has 3 rings (SSSR count). The molecule has 0 spiro atoms. The molecule has 0 aromatic heterocycles. The van der Waals surface area contributed by atoms with Gasteiger partial charge in [0, 0.05) is 5.41 Å². The summed E-state index contributed by atoms with van der Waals surface area (Å²) in [5, 5.41) is 10.4. The molecule has 0 heterocycles. The molecule has 1 N–H and O–H groups in total. The molecule has 0 aliphatic heterocycles. The van der Waals surface area contributed by atoms with Crippen molar-refractivity contribution in [3.05, 3.63) is 108 Å². The SMILES string of the molecule is CC(C)C(CCc1ccccc1)(c1ccccc1)C(Cc1ccccc1)C(=O)O. The quantitative estimate of drug-likeness (QED) is 0.478. The van der Waals surface area contributed by atoms with Crippen LogP contribution in [0.25, 0.3) is 0 Å². The van der Waals surface area contributed by atoms with Crippen molar-refractivity contribution in [2.75, 3.05) is 0 Å². The second kappa shape index (κ2) is 9.56. The maximum atomic E-state index is 12.6. The fourth-order valence-electron chi connectivity index (χ4n) is 4.63. The zero-order chi connectivity index (χ0) is 20.7. The van der Waals surface area contributed by atoms with Crippen molar-refractivity contribution in [1.29, 1.82) is 0 Å². The lowest BCUT2D eigenvalue weighted by Crippen LogP contribution is -2.46. The van der Waals surface area contributed by atoms with Crippen molar-refractivity contribution in [2.45, 2.75) is 38.5 Å². The van der Waals surface area contributed by atoms with E-state index in [0.29, 0.717) is 6.42 Å². The molecule has 150 valence electrons. The number of hydrogen-bond donors (Lipinski definition) is 1. The first-order valence-electron chi connectivity index (χ1n) is 10.4. The Kier molecular flexibility index (Phi) is 6.87. The van der Waals surface area contributed by atoms with Crippen molar-refractivity contribution < 1.29 is 9.90 Å². The summed E-state index contributed by atoms with van der Waals surface area (Å²) in [6.07, 6.45) is 2.17. The largest absolute Gasteiger partial charge is 0.481 e. The maximum absolute atomic E-state index is 12.6. The first-order chi connectivity index (χ1) is 14.0. The number of hydrogen-bond acceptors (Lipinski definition) is 1. The summed E-state index contributed by atoms with van der Waals surface area (Å²) in [5.74, 6) is -1.05. The first kappa shape index (κ1) is 20.9. The van der Waals surface area contributed by atoms with Gasteiger partial charge in [0.25, 0.3) is 0 Å². The predicted molar refractivity (Wildman–Crippen MR) is 119 cm³/mol. The molecule has 0 radical (unpaired) electrons. The van der Waals surface area contributed by atoms with E-state index in [1.165, 1.54) is 5.56 Å². The molecule has 0 bridgehead atoms. The molecule has 0 saturated carbocycles. The third-order valence-corrected chi connectivity index (χ3v) is 6.21. The molecule has 0 amide bonds. The van der Waals surface area contributed by atoms with Gasteiger partial charge in [-0.05, 0) is 41.9 Å². The van der Waals surface area contributed by atoms with Crippen LogP contribution < -0.4 is 0 Å². The number of aryl methyl sites for hydroxylation is 1. The maximum Gasteiger partial charge on any atom is 0.307 e. The van der Waals surface area contributed by atoms with Crippen molar-refractivity contribution in [3.8, 4) is 0 Å². The lowest BCUT2D eigenvalue weighted by molar-refractivity contribution is -0.145. The molecule has 0 saturated heterocycles. The number of carboxylic acids is 1. The van der Waals surface area contributed by atoms with Crippen LogP contribution in [0, 0.1) is 11.8 Å². The molecule has 2 nitrogen and oxygen atoms in total. The van der Waals surface area contributed by atoms with E-state index in [4.69, 9.17) is 0 Å². The summed E-state index contributed by atoms with van der Waals surface area (Å²) in [5.41, 5.74) is 2.98. The summed E-state index contributed by atoms with van der Waals surface area (Å²) >= 11 is 0. The highest BCUT2D eigenvalue weighted by atomic mass is 16.4. The number of rotatable bonds is 9. The third kappa shape index (κ3) is 4.76. The molecule has 0 aliphatic carbocycles. The molecule has 3 aromatic carbocycles. The molecule has 2 atom stereocenters. The van der Waals surface area contributed by atoms with Crippen LogP contribution in [0.4, 0.5) is 0 Å². The van der Waals surface area contributed by atoms with Crippen molar-refractivity contribution in [1.82, 2.24) is 0 Å². The second-order valence-corrected chi connectivity index (χ2v) is 8.13. The Morgan fingerprint density at radius 3 is 1.76 bits per heavy atom. The van der Waals surface area contributed by atoms with Gasteiger partial charge < -0.3 is 5.11 Å². The Labute approximate surface area is 174 Å². The lowest BCUT2D eigenvalue weighted by atomic mass is 9.59. The second-order valence-electron chi connectivity index (χ2n) is 8.13. The zero-order valence-corrected chi connectivity index (χ0v) is 17.3. The van der Waals surface area contributed by atoms with E-state index < -0.39 is 17.3 Å². The normalized spacial score (nSPS) is 14.3. The Hall–Kier alpha value is -2.87. The smallest absolute Gasteiger partial charge is 0.307 e. The van der Waals surface area contributed by atoms with E-state index in [1.807, 2.05) is 66.7 Å². The van der Waals surface area contributed by atoms with Gasteiger partial charge in [-0.2, -0.15) is 0 Å². The summed E-state index contributed by atoms with van der Waals surface area (Å²) in [4.78, 5) is 12.6. The molecule has 2 unspecified atom stereocenters. The predicted octanol–water partition coefficient (Wildman–Crippen LogP) is 6.16. The van der Waals surface area contributed by atoms with Crippen LogP contribution in [0.1, 0.15) is 37.0 Å². The van der Waals surface area contributed by atoms with Gasteiger partial charge in [-0.3, -0.25) is 4.79 Å². The van der Waals surface area contributed by atoms with Gasteiger partial charge in [0.05, 0.1) is 5.92 Å². The number of benzene rings is 3. The van der Waals surface area contributed by atoms with E-state index in [1.54, 1.807) is 0 Å². The van der Waals surface area contributed by atoms with Crippen LogP contribution in [0.15, 0.2) is 91.0 Å². The van der Waals surface area contributed by atoms with Crippen LogP contribution in [0.5, 0.6) is 0 Å². The molecule has 0 aliphatic rings. The first-order valence-corrected chi connectivity index (χ1v) is 10.4. The van der Waals surface area contributed by atoms with E-state index >= 15 is 0 Å². The minimum Gasteiger partial charge on any atom is -0.481 e. The average Bonchev–Trinajstić information content (AvgIpc) is 2.75. The van der Waals surface area contributed by atoms with Gasteiger partial charge in [0.1, 0.15) is 0 Å².